The number of hydrogen-bond donors (Lipinski definition) is 1. The maximum atomic E-state index is 13.3. The number of rotatable bonds is 3. The lowest BCUT2D eigenvalue weighted by Crippen LogP contribution is -2.08. The Morgan fingerprint density at radius 3 is 2.53 bits per heavy atom. The molecule has 6 heteroatoms. The number of aromatic nitrogens is 1. The summed E-state index contributed by atoms with van der Waals surface area (Å²) >= 11 is 0. The van der Waals surface area contributed by atoms with E-state index >= 15 is 0 Å². The van der Waals surface area contributed by atoms with Crippen LogP contribution in [0, 0.1) is 5.82 Å². The van der Waals surface area contributed by atoms with Gasteiger partial charge in [0.15, 0.2) is 0 Å². The van der Waals surface area contributed by atoms with Crippen molar-refractivity contribution in [1.82, 2.24) is 4.98 Å². The van der Waals surface area contributed by atoms with E-state index < -0.39 is 17.6 Å². The van der Waals surface area contributed by atoms with Crippen molar-refractivity contribution in [2.75, 3.05) is 5.32 Å². The summed E-state index contributed by atoms with van der Waals surface area (Å²) < 4.78 is 50.8. The SMILES string of the molecule is Fc1ccccc1CNc1cc(C(F)(F)F)ccn1. The number of hydrogen-bond acceptors (Lipinski definition) is 2. The van der Waals surface area contributed by atoms with E-state index in [4.69, 9.17) is 0 Å². The van der Waals surface area contributed by atoms with E-state index in [2.05, 4.69) is 10.3 Å². The second-order valence-electron chi connectivity index (χ2n) is 3.87. The third-order valence-corrected chi connectivity index (χ3v) is 2.51. The van der Waals surface area contributed by atoms with Gasteiger partial charge in [-0.25, -0.2) is 9.37 Å². The molecule has 2 aromatic rings. The summed E-state index contributed by atoms with van der Waals surface area (Å²) in [6.07, 6.45) is -3.36. The Labute approximate surface area is 107 Å². The van der Waals surface area contributed by atoms with Gasteiger partial charge in [0, 0.05) is 18.3 Å². The highest BCUT2D eigenvalue weighted by Crippen LogP contribution is 2.29. The van der Waals surface area contributed by atoms with E-state index in [1.165, 1.54) is 6.07 Å². The predicted octanol–water partition coefficient (Wildman–Crippen LogP) is 3.85. The molecule has 0 saturated heterocycles. The molecule has 0 aliphatic heterocycles. The third kappa shape index (κ3) is 3.43. The van der Waals surface area contributed by atoms with E-state index in [0.717, 1.165) is 18.3 Å². The monoisotopic (exact) mass is 270 g/mol. The number of halogens is 4. The molecule has 0 aliphatic carbocycles. The van der Waals surface area contributed by atoms with Crippen LogP contribution in [0.2, 0.25) is 0 Å². The van der Waals surface area contributed by atoms with E-state index in [9.17, 15) is 17.6 Å². The highest BCUT2D eigenvalue weighted by atomic mass is 19.4. The minimum Gasteiger partial charge on any atom is -0.366 e. The number of alkyl halides is 3. The molecule has 0 fully saturated rings. The summed E-state index contributed by atoms with van der Waals surface area (Å²) in [6, 6.07) is 7.81. The van der Waals surface area contributed by atoms with Crippen LogP contribution in [0.4, 0.5) is 23.4 Å². The average Bonchev–Trinajstić information content (AvgIpc) is 2.37. The first kappa shape index (κ1) is 13.3. The van der Waals surface area contributed by atoms with Crippen LogP contribution in [0.3, 0.4) is 0 Å². The van der Waals surface area contributed by atoms with Crippen molar-refractivity contribution in [3.05, 3.63) is 59.5 Å². The molecule has 2 rings (SSSR count). The van der Waals surface area contributed by atoms with Gasteiger partial charge in [0.25, 0.3) is 0 Å². The maximum Gasteiger partial charge on any atom is 0.416 e. The van der Waals surface area contributed by atoms with Crippen LogP contribution in [-0.2, 0) is 12.7 Å². The van der Waals surface area contributed by atoms with E-state index in [1.54, 1.807) is 18.2 Å². The summed E-state index contributed by atoms with van der Waals surface area (Å²) in [5.74, 6) is -0.361. The van der Waals surface area contributed by atoms with Crippen molar-refractivity contribution in [3.8, 4) is 0 Å². The predicted molar refractivity (Wildman–Crippen MR) is 63.0 cm³/mol. The van der Waals surface area contributed by atoms with Crippen LogP contribution < -0.4 is 5.32 Å². The second kappa shape index (κ2) is 5.26. The van der Waals surface area contributed by atoms with Crippen molar-refractivity contribution in [3.63, 3.8) is 0 Å². The highest BCUT2D eigenvalue weighted by Gasteiger charge is 2.30. The summed E-state index contributed by atoms with van der Waals surface area (Å²) in [7, 11) is 0. The molecule has 0 unspecified atom stereocenters. The fourth-order valence-electron chi connectivity index (χ4n) is 1.53. The first-order valence-electron chi connectivity index (χ1n) is 5.47. The fourth-order valence-corrected chi connectivity index (χ4v) is 1.53. The van der Waals surface area contributed by atoms with E-state index in [1.807, 2.05) is 0 Å². The third-order valence-electron chi connectivity index (χ3n) is 2.51. The Hall–Kier alpha value is -2.11. The zero-order valence-electron chi connectivity index (χ0n) is 9.71. The quantitative estimate of drug-likeness (QED) is 0.857. The number of benzene rings is 1. The Morgan fingerprint density at radius 2 is 1.84 bits per heavy atom. The minimum atomic E-state index is -4.42. The molecular weight excluding hydrogens is 260 g/mol. The standard InChI is InChI=1S/C13H10F4N2/c14-11-4-2-1-3-9(11)8-19-12-7-10(5-6-18-12)13(15,16)17/h1-7H,8H2,(H,18,19). The topological polar surface area (TPSA) is 24.9 Å². The summed E-state index contributed by atoms with van der Waals surface area (Å²) in [5, 5.41) is 2.66. The molecule has 1 heterocycles. The van der Waals surface area contributed by atoms with Gasteiger partial charge in [0.05, 0.1) is 5.56 Å². The van der Waals surface area contributed by atoms with E-state index in [0.29, 0.717) is 5.56 Å². The molecule has 100 valence electrons. The van der Waals surface area contributed by atoms with Gasteiger partial charge in [-0.2, -0.15) is 13.2 Å². The van der Waals surface area contributed by atoms with Gasteiger partial charge in [-0.1, -0.05) is 18.2 Å². The summed E-state index contributed by atoms with van der Waals surface area (Å²) in [5.41, 5.74) is -0.430. The van der Waals surface area contributed by atoms with Gasteiger partial charge in [0.2, 0.25) is 0 Å². The van der Waals surface area contributed by atoms with Gasteiger partial charge in [0.1, 0.15) is 11.6 Å². The first-order chi connectivity index (χ1) is 8.97. The summed E-state index contributed by atoms with van der Waals surface area (Å²) in [6.45, 7) is 0.0704. The lowest BCUT2D eigenvalue weighted by Gasteiger charge is -2.10. The molecule has 0 atom stereocenters. The Kier molecular flexibility index (Phi) is 3.69. The largest absolute Gasteiger partial charge is 0.416 e. The zero-order valence-corrected chi connectivity index (χ0v) is 9.71. The molecule has 0 aliphatic rings. The van der Waals surface area contributed by atoms with Crippen molar-refractivity contribution < 1.29 is 17.6 Å². The molecule has 1 N–H and O–H groups in total. The number of nitrogens with zero attached hydrogens (tertiary/aromatic N) is 1. The minimum absolute atomic E-state index is 0.0538. The van der Waals surface area contributed by atoms with Crippen LogP contribution in [0.15, 0.2) is 42.6 Å². The highest BCUT2D eigenvalue weighted by molar-refractivity contribution is 5.39. The molecular formula is C13H10F4N2. The lowest BCUT2D eigenvalue weighted by atomic mass is 10.2. The number of anilines is 1. The molecule has 0 spiro atoms. The fraction of sp³-hybridized carbons (Fsp3) is 0.154. The molecule has 0 bridgehead atoms. The smallest absolute Gasteiger partial charge is 0.366 e. The van der Waals surface area contributed by atoms with Crippen molar-refractivity contribution in [2.24, 2.45) is 0 Å². The van der Waals surface area contributed by atoms with E-state index in [-0.39, 0.29) is 12.4 Å². The number of nitrogens with one attached hydrogen (secondary N) is 1. The van der Waals surface area contributed by atoms with Crippen LogP contribution in [0.5, 0.6) is 0 Å². The summed E-state index contributed by atoms with van der Waals surface area (Å²) in [4.78, 5) is 3.76. The van der Waals surface area contributed by atoms with Crippen molar-refractivity contribution >= 4 is 5.82 Å². The molecule has 2 nitrogen and oxygen atoms in total. The molecule has 0 saturated carbocycles. The first-order valence-corrected chi connectivity index (χ1v) is 5.47. The molecule has 1 aromatic heterocycles. The molecule has 1 aromatic carbocycles. The molecule has 0 radical (unpaired) electrons. The maximum absolute atomic E-state index is 13.3. The molecule has 19 heavy (non-hydrogen) atoms. The van der Waals surface area contributed by atoms with Crippen molar-refractivity contribution in [2.45, 2.75) is 12.7 Å². The van der Waals surface area contributed by atoms with Crippen LogP contribution in [-0.4, -0.2) is 4.98 Å². The molecule has 0 amide bonds. The van der Waals surface area contributed by atoms with Gasteiger partial charge >= 0.3 is 6.18 Å². The van der Waals surface area contributed by atoms with Crippen LogP contribution in [0.25, 0.3) is 0 Å². The van der Waals surface area contributed by atoms with Gasteiger partial charge in [-0.05, 0) is 18.2 Å². The Balaban J connectivity index is 2.10. The Bertz CT molecular complexity index is 567. The van der Waals surface area contributed by atoms with Gasteiger partial charge in [-0.3, -0.25) is 0 Å². The van der Waals surface area contributed by atoms with Crippen LogP contribution >= 0.6 is 0 Å². The normalized spacial score (nSPS) is 11.4. The average molecular weight is 270 g/mol. The van der Waals surface area contributed by atoms with Gasteiger partial charge in [-0.15, -0.1) is 0 Å². The van der Waals surface area contributed by atoms with Crippen LogP contribution in [0.1, 0.15) is 11.1 Å². The second-order valence-corrected chi connectivity index (χ2v) is 3.87. The van der Waals surface area contributed by atoms with Crippen molar-refractivity contribution in [1.29, 1.82) is 0 Å². The number of pyridine rings is 1. The van der Waals surface area contributed by atoms with Gasteiger partial charge < -0.3 is 5.32 Å². The lowest BCUT2D eigenvalue weighted by molar-refractivity contribution is -0.137. The zero-order chi connectivity index (χ0) is 13.9. The Morgan fingerprint density at radius 1 is 1.11 bits per heavy atom.